The van der Waals surface area contributed by atoms with Crippen LogP contribution in [0.4, 0.5) is 8.78 Å². The average molecular weight is 234 g/mol. The zero-order chi connectivity index (χ0) is 12.3. The van der Waals surface area contributed by atoms with Crippen LogP contribution < -0.4 is 0 Å². The van der Waals surface area contributed by atoms with Crippen LogP contribution in [0.2, 0.25) is 0 Å². The molecule has 88 valence electrons. The molecular weight excluding hydrogens is 222 g/mol. The Morgan fingerprint density at radius 3 is 2.41 bits per heavy atom. The molecule has 0 saturated carbocycles. The Morgan fingerprint density at radius 1 is 0.941 bits per heavy atom. The molecule has 0 bridgehead atoms. The highest BCUT2D eigenvalue weighted by Crippen LogP contribution is 2.24. The van der Waals surface area contributed by atoms with Gasteiger partial charge in [-0.05, 0) is 35.7 Å². The predicted molar refractivity (Wildman–Crippen MR) is 62.6 cm³/mol. The number of benzene rings is 2. The van der Waals surface area contributed by atoms with E-state index in [0.717, 1.165) is 0 Å². The van der Waals surface area contributed by atoms with E-state index in [1.54, 1.807) is 24.3 Å². The maximum absolute atomic E-state index is 13.6. The second kappa shape index (κ2) is 5.06. The van der Waals surface area contributed by atoms with Gasteiger partial charge >= 0.3 is 0 Å². The lowest BCUT2D eigenvalue weighted by Gasteiger charge is -2.07. The van der Waals surface area contributed by atoms with Crippen molar-refractivity contribution in [3.05, 3.63) is 59.7 Å². The Bertz CT molecular complexity index is 523. The van der Waals surface area contributed by atoms with Gasteiger partial charge in [0.05, 0.1) is 0 Å². The zero-order valence-corrected chi connectivity index (χ0v) is 9.16. The number of hydrogen-bond donors (Lipinski definition) is 1. The van der Waals surface area contributed by atoms with Crippen molar-refractivity contribution in [1.82, 2.24) is 0 Å². The van der Waals surface area contributed by atoms with Crippen LogP contribution in [0, 0.1) is 11.6 Å². The number of aliphatic hydroxyl groups excluding tert-OH is 1. The van der Waals surface area contributed by atoms with Gasteiger partial charge in [0.2, 0.25) is 0 Å². The quantitative estimate of drug-likeness (QED) is 0.864. The molecule has 0 aliphatic heterocycles. The number of aliphatic hydroxyl groups is 1. The standard InChI is InChI=1S/C14H12F2O/c15-13-6-5-10(9-11(13)7-8-17)12-3-1-2-4-14(12)16/h1-6,9,17H,7-8H2. The van der Waals surface area contributed by atoms with Crippen molar-refractivity contribution in [1.29, 1.82) is 0 Å². The van der Waals surface area contributed by atoms with Crippen molar-refractivity contribution in [3.8, 4) is 11.1 Å². The summed E-state index contributed by atoms with van der Waals surface area (Å²) in [7, 11) is 0. The van der Waals surface area contributed by atoms with Crippen LogP contribution in [-0.4, -0.2) is 11.7 Å². The molecule has 0 saturated heterocycles. The third kappa shape index (κ3) is 2.50. The fourth-order valence-electron chi connectivity index (χ4n) is 1.75. The van der Waals surface area contributed by atoms with Crippen molar-refractivity contribution >= 4 is 0 Å². The highest BCUT2D eigenvalue weighted by Gasteiger charge is 2.07. The monoisotopic (exact) mass is 234 g/mol. The number of halogens is 2. The summed E-state index contributed by atoms with van der Waals surface area (Å²) in [4.78, 5) is 0. The molecule has 0 atom stereocenters. The maximum atomic E-state index is 13.6. The lowest BCUT2D eigenvalue weighted by atomic mass is 10.0. The van der Waals surface area contributed by atoms with Crippen molar-refractivity contribution in [2.24, 2.45) is 0 Å². The fraction of sp³-hybridized carbons (Fsp3) is 0.143. The molecule has 3 heteroatoms. The minimum absolute atomic E-state index is 0.127. The van der Waals surface area contributed by atoms with Crippen LogP contribution in [-0.2, 0) is 6.42 Å². The van der Waals surface area contributed by atoms with E-state index < -0.39 is 0 Å². The molecule has 1 N–H and O–H groups in total. The number of rotatable bonds is 3. The van der Waals surface area contributed by atoms with E-state index in [1.807, 2.05) is 0 Å². The van der Waals surface area contributed by atoms with Crippen LogP contribution in [0.15, 0.2) is 42.5 Å². The third-order valence-electron chi connectivity index (χ3n) is 2.61. The van der Waals surface area contributed by atoms with Crippen LogP contribution in [0.5, 0.6) is 0 Å². The predicted octanol–water partition coefficient (Wildman–Crippen LogP) is 3.17. The van der Waals surface area contributed by atoms with E-state index in [2.05, 4.69) is 0 Å². The second-order valence-electron chi connectivity index (χ2n) is 3.76. The van der Waals surface area contributed by atoms with Crippen LogP contribution in [0.25, 0.3) is 11.1 Å². The summed E-state index contributed by atoms with van der Waals surface area (Å²) in [5.41, 5.74) is 1.45. The first-order chi connectivity index (χ1) is 8.22. The Morgan fingerprint density at radius 2 is 1.71 bits per heavy atom. The van der Waals surface area contributed by atoms with E-state index in [9.17, 15) is 8.78 Å². The van der Waals surface area contributed by atoms with Gasteiger partial charge in [-0.1, -0.05) is 24.3 Å². The Hall–Kier alpha value is -1.74. The molecule has 0 aromatic heterocycles. The molecule has 2 rings (SSSR count). The van der Waals surface area contributed by atoms with Gasteiger partial charge in [0.15, 0.2) is 0 Å². The van der Waals surface area contributed by atoms with E-state index in [1.165, 1.54) is 18.2 Å². The smallest absolute Gasteiger partial charge is 0.131 e. The lowest BCUT2D eigenvalue weighted by molar-refractivity contribution is 0.297. The molecule has 2 aromatic rings. The van der Waals surface area contributed by atoms with Gasteiger partial charge in [-0.3, -0.25) is 0 Å². The summed E-state index contributed by atoms with van der Waals surface area (Å²) < 4.78 is 26.9. The van der Waals surface area contributed by atoms with Crippen LogP contribution >= 0.6 is 0 Å². The summed E-state index contributed by atoms with van der Waals surface area (Å²) in [6, 6.07) is 10.8. The van der Waals surface area contributed by atoms with Crippen molar-refractivity contribution in [2.45, 2.75) is 6.42 Å². The summed E-state index contributed by atoms with van der Waals surface area (Å²) in [6.45, 7) is -0.127. The topological polar surface area (TPSA) is 20.2 Å². The van der Waals surface area contributed by atoms with Gasteiger partial charge in [0, 0.05) is 12.2 Å². The molecule has 0 amide bonds. The molecular formula is C14H12F2O. The first-order valence-corrected chi connectivity index (χ1v) is 5.36. The highest BCUT2D eigenvalue weighted by atomic mass is 19.1. The third-order valence-corrected chi connectivity index (χ3v) is 2.61. The fourth-order valence-corrected chi connectivity index (χ4v) is 1.75. The molecule has 2 aromatic carbocycles. The first-order valence-electron chi connectivity index (χ1n) is 5.36. The van der Waals surface area contributed by atoms with Gasteiger partial charge in [0.1, 0.15) is 11.6 Å². The van der Waals surface area contributed by atoms with Crippen molar-refractivity contribution < 1.29 is 13.9 Å². The minimum atomic E-state index is -0.376. The molecule has 0 radical (unpaired) electrons. The zero-order valence-electron chi connectivity index (χ0n) is 9.16. The second-order valence-corrected chi connectivity index (χ2v) is 3.76. The molecule has 0 aliphatic carbocycles. The molecule has 1 nitrogen and oxygen atoms in total. The average Bonchev–Trinajstić information content (AvgIpc) is 2.33. The van der Waals surface area contributed by atoms with Crippen LogP contribution in [0.1, 0.15) is 5.56 Å². The Balaban J connectivity index is 2.46. The lowest BCUT2D eigenvalue weighted by Crippen LogP contribution is -1.96. The van der Waals surface area contributed by atoms with Gasteiger partial charge in [-0.15, -0.1) is 0 Å². The molecule has 0 spiro atoms. The summed E-state index contributed by atoms with van der Waals surface area (Å²) in [5.74, 6) is -0.715. The summed E-state index contributed by atoms with van der Waals surface area (Å²) >= 11 is 0. The largest absolute Gasteiger partial charge is 0.396 e. The maximum Gasteiger partial charge on any atom is 0.131 e. The normalized spacial score (nSPS) is 10.5. The van der Waals surface area contributed by atoms with Crippen LogP contribution in [0.3, 0.4) is 0 Å². The van der Waals surface area contributed by atoms with E-state index in [0.29, 0.717) is 16.7 Å². The summed E-state index contributed by atoms with van der Waals surface area (Å²) in [5, 5.41) is 8.82. The SMILES string of the molecule is OCCc1cc(-c2ccccc2F)ccc1F. The molecule has 0 heterocycles. The molecule has 0 fully saturated rings. The van der Waals surface area contributed by atoms with Crippen molar-refractivity contribution in [3.63, 3.8) is 0 Å². The molecule has 17 heavy (non-hydrogen) atoms. The van der Waals surface area contributed by atoms with E-state index >= 15 is 0 Å². The Kier molecular flexibility index (Phi) is 3.49. The summed E-state index contributed by atoms with van der Waals surface area (Å²) in [6.07, 6.45) is 0.230. The van der Waals surface area contributed by atoms with E-state index in [-0.39, 0.29) is 24.7 Å². The highest BCUT2D eigenvalue weighted by molar-refractivity contribution is 5.64. The van der Waals surface area contributed by atoms with Crippen molar-refractivity contribution in [2.75, 3.05) is 6.61 Å². The van der Waals surface area contributed by atoms with E-state index in [4.69, 9.17) is 5.11 Å². The van der Waals surface area contributed by atoms with Gasteiger partial charge in [0.25, 0.3) is 0 Å². The molecule has 0 aliphatic rings. The number of hydrogen-bond acceptors (Lipinski definition) is 1. The minimum Gasteiger partial charge on any atom is -0.396 e. The Labute approximate surface area is 98.3 Å². The van der Waals surface area contributed by atoms with Gasteiger partial charge in [-0.2, -0.15) is 0 Å². The van der Waals surface area contributed by atoms with Gasteiger partial charge < -0.3 is 5.11 Å². The molecule has 0 unspecified atom stereocenters. The first kappa shape index (κ1) is 11.7. The van der Waals surface area contributed by atoms with Gasteiger partial charge in [-0.25, -0.2) is 8.78 Å².